The summed E-state index contributed by atoms with van der Waals surface area (Å²) < 4.78 is 18.1. The molecule has 0 spiro atoms. The van der Waals surface area contributed by atoms with Crippen molar-refractivity contribution in [3.05, 3.63) is 52.0 Å². The molecule has 0 aliphatic carbocycles. The second-order valence-electron chi connectivity index (χ2n) is 6.76. The quantitative estimate of drug-likeness (QED) is 0.658. The van der Waals surface area contributed by atoms with E-state index >= 15 is 0 Å². The van der Waals surface area contributed by atoms with E-state index in [2.05, 4.69) is 33.9 Å². The molecule has 27 heavy (non-hydrogen) atoms. The van der Waals surface area contributed by atoms with Gasteiger partial charge in [0, 0.05) is 28.4 Å². The van der Waals surface area contributed by atoms with Crippen molar-refractivity contribution in [1.82, 2.24) is 5.01 Å². The van der Waals surface area contributed by atoms with Crippen LogP contribution in [0.2, 0.25) is 0 Å². The first-order valence-corrected chi connectivity index (χ1v) is 9.98. The van der Waals surface area contributed by atoms with Crippen molar-refractivity contribution >= 4 is 21.6 Å². The summed E-state index contributed by atoms with van der Waals surface area (Å²) in [6.07, 6.45) is 2.78. The van der Waals surface area contributed by atoms with Crippen molar-refractivity contribution in [2.24, 2.45) is 5.10 Å². The SMILES string of the molecule is CCCC1Oc2ccc(Br)cc2C2CC(c3ccc(OC)c(OC)c3)=NN12. The minimum absolute atomic E-state index is 0.0358. The number of methoxy groups -OCH3 is 2. The molecule has 2 aliphatic rings. The van der Waals surface area contributed by atoms with Crippen molar-refractivity contribution in [3.63, 3.8) is 0 Å². The highest BCUT2D eigenvalue weighted by Crippen LogP contribution is 2.45. The average Bonchev–Trinajstić information content (AvgIpc) is 3.14. The summed E-state index contributed by atoms with van der Waals surface area (Å²) >= 11 is 3.59. The molecule has 0 saturated heterocycles. The third-order valence-electron chi connectivity index (χ3n) is 5.08. The molecule has 2 heterocycles. The third kappa shape index (κ3) is 3.27. The molecule has 2 atom stereocenters. The molecule has 142 valence electrons. The normalized spacial score (nSPS) is 20.4. The Bertz CT molecular complexity index is 884. The maximum Gasteiger partial charge on any atom is 0.187 e. The first-order chi connectivity index (χ1) is 13.1. The highest BCUT2D eigenvalue weighted by atomic mass is 79.9. The summed E-state index contributed by atoms with van der Waals surface area (Å²) in [5.41, 5.74) is 3.27. The summed E-state index contributed by atoms with van der Waals surface area (Å²) in [4.78, 5) is 0. The fourth-order valence-electron chi connectivity index (χ4n) is 3.76. The van der Waals surface area contributed by atoms with Crippen LogP contribution in [-0.4, -0.2) is 31.2 Å². The number of halogens is 1. The van der Waals surface area contributed by atoms with Crippen LogP contribution in [0.3, 0.4) is 0 Å². The molecule has 2 aromatic carbocycles. The molecule has 2 aromatic rings. The molecule has 5 nitrogen and oxygen atoms in total. The standard InChI is InChI=1S/C21H23BrN2O3/c1-4-5-21-24-17(15-11-14(22)7-9-18(15)27-21)12-16(23-24)13-6-8-19(25-2)20(10-13)26-3/h6-11,17,21H,4-5,12H2,1-3H3. The van der Waals surface area contributed by atoms with Crippen molar-refractivity contribution in [3.8, 4) is 17.2 Å². The van der Waals surface area contributed by atoms with Gasteiger partial charge in [0.15, 0.2) is 17.7 Å². The lowest BCUT2D eigenvalue weighted by Gasteiger charge is -2.38. The predicted molar refractivity (Wildman–Crippen MR) is 109 cm³/mol. The van der Waals surface area contributed by atoms with Gasteiger partial charge in [-0.2, -0.15) is 5.10 Å². The molecule has 0 fully saturated rings. The van der Waals surface area contributed by atoms with E-state index in [0.717, 1.165) is 46.5 Å². The van der Waals surface area contributed by atoms with E-state index in [9.17, 15) is 0 Å². The van der Waals surface area contributed by atoms with Crippen LogP contribution in [-0.2, 0) is 0 Å². The van der Waals surface area contributed by atoms with Gasteiger partial charge in [0.25, 0.3) is 0 Å². The molecule has 4 rings (SSSR count). The van der Waals surface area contributed by atoms with E-state index < -0.39 is 0 Å². The van der Waals surface area contributed by atoms with E-state index in [4.69, 9.17) is 19.3 Å². The van der Waals surface area contributed by atoms with E-state index in [-0.39, 0.29) is 12.3 Å². The third-order valence-corrected chi connectivity index (χ3v) is 5.58. The van der Waals surface area contributed by atoms with Gasteiger partial charge in [0.1, 0.15) is 5.75 Å². The van der Waals surface area contributed by atoms with Gasteiger partial charge in [-0.05, 0) is 36.4 Å². The average molecular weight is 431 g/mol. The molecular weight excluding hydrogens is 408 g/mol. The van der Waals surface area contributed by atoms with Crippen LogP contribution in [0.25, 0.3) is 0 Å². The maximum absolute atomic E-state index is 6.26. The Balaban J connectivity index is 1.71. The monoisotopic (exact) mass is 430 g/mol. The number of rotatable bonds is 5. The Morgan fingerprint density at radius 3 is 2.70 bits per heavy atom. The molecule has 0 amide bonds. The molecule has 0 radical (unpaired) electrons. The second kappa shape index (κ2) is 7.43. The topological polar surface area (TPSA) is 43.3 Å². The van der Waals surface area contributed by atoms with E-state index in [1.807, 2.05) is 30.3 Å². The van der Waals surface area contributed by atoms with Gasteiger partial charge in [-0.25, -0.2) is 0 Å². The first kappa shape index (κ1) is 18.2. The Labute approximate surface area is 168 Å². The van der Waals surface area contributed by atoms with Crippen LogP contribution < -0.4 is 14.2 Å². The highest BCUT2D eigenvalue weighted by Gasteiger charge is 2.40. The van der Waals surface area contributed by atoms with Crippen LogP contribution in [0, 0.1) is 0 Å². The molecular formula is C21H23BrN2O3. The van der Waals surface area contributed by atoms with Crippen LogP contribution in [0.4, 0.5) is 0 Å². The first-order valence-electron chi connectivity index (χ1n) is 9.19. The Hall–Kier alpha value is -2.21. The molecule has 0 N–H and O–H groups in total. The van der Waals surface area contributed by atoms with Crippen molar-refractivity contribution in [1.29, 1.82) is 0 Å². The molecule has 6 heteroatoms. The van der Waals surface area contributed by atoms with E-state index in [1.54, 1.807) is 14.2 Å². The number of ether oxygens (including phenoxy) is 3. The van der Waals surface area contributed by atoms with Crippen molar-refractivity contribution in [2.45, 2.75) is 38.5 Å². The summed E-state index contributed by atoms with van der Waals surface area (Å²) in [7, 11) is 3.30. The van der Waals surface area contributed by atoms with Gasteiger partial charge in [0.2, 0.25) is 0 Å². The Morgan fingerprint density at radius 2 is 1.96 bits per heavy atom. The Kier molecular flexibility index (Phi) is 5.00. The number of hydrazone groups is 1. The summed E-state index contributed by atoms with van der Waals surface area (Å²) in [5.74, 6) is 2.40. The smallest absolute Gasteiger partial charge is 0.187 e. The molecule has 0 aromatic heterocycles. The highest BCUT2D eigenvalue weighted by molar-refractivity contribution is 9.10. The summed E-state index contributed by atoms with van der Waals surface area (Å²) in [5, 5.41) is 7.08. The largest absolute Gasteiger partial charge is 0.493 e. The predicted octanol–water partition coefficient (Wildman–Crippen LogP) is 5.14. The summed E-state index contributed by atoms with van der Waals surface area (Å²) in [6, 6.07) is 12.4. The van der Waals surface area contributed by atoms with Crippen LogP contribution in [0.1, 0.15) is 43.4 Å². The molecule has 0 saturated carbocycles. The number of hydrogen-bond donors (Lipinski definition) is 0. The zero-order valence-corrected chi connectivity index (χ0v) is 17.3. The Morgan fingerprint density at radius 1 is 1.15 bits per heavy atom. The molecule has 2 aliphatic heterocycles. The molecule has 0 bridgehead atoms. The molecule has 2 unspecified atom stereocenters. The van der Waals surface area contributed by atoms with Crippen LogP contribution in [0.15, 0.2) is 46.0 Å². The second-order valence-corrected chi connectivity index (χ2v) is 7.68. The maximum atomic E-state index is 6.26. The van der Waals surface area contributed by atoms with Gasteiger partial charge in [-0.1, -0.05) is 29.3 Å². The minimum Gasteiger partial charge on any atom is -0.493 e. The number of benzene rings is 2. The fourth-order valence-corrected chi connectivity index (χ4v) is 4.14. The minimum atomic E-state index is -0.0358. The van der Waals surface area contributed by atoms with Gasteiger partial charge in [0.05, 0.1) is 26.0 Å². The lowest BCUT2D eigenvalue weighted by atomic mass is 9.96. The van der Waals surface area contributed by atoms with Gasteiger partial charge in [-0.3, -0.25) is 5.01 Å². The number of hydrogen-bond acceptors (Lipinski definition) is 5. The van der Waals surface area contributed by atoms with E-state index in [1.165, 1.54) is 5.56 Å². The zero-order chi connectivity index (χ0) is 19.0. The van der Waals surface area contributed by atoms with Crippen LogP contribution >= 0.6 is 15.9 Å². The number of nitrogens with zero attached hydrogens (tertiary/aromatic N) is 2. The summed E-state index contributed by atoms with van der Waals surface area (Å²) in [6.45, 7) is 2.17. The van der Waals surface area contributed by atoms with E-state index in [0.29, 0.717) is 5.75 Å². The zero-order valence-electron chi connectivity index (χ0n) is 15.7. The van der Waals surface area contributed by atoms with Gasteiger partial charge >= 0.3 is 0 Å². The fraction of sp³-hybridized carbons (Fsp3) is 0.381. The lowest BCUT2D eigenvalue weighted by Crippen LogP contribution is -2.40. The van der Waals surface area contributed by atoms with Crippen molar-refractivity contribution < 1.29 is 14.2 Å². The lowest BCUT2D eigenvalue weighted by molar-refractivity contribution is -0.0223. The number of fused-ring (bicyclic) bond motifs is 3. The van der Waals surface area contributed by atoms with Crippen molar-refractivity contribution in [2.75, 3.05) is 14.2 Å². The van der Waals surface area contributed by atoms with Crippen LogP contribution in [0.5, 0.6) is 17.2 Å². The van der Waals surface area contributed by atoms with Gasteiger partial charge < -0.3 is 14.2 Å². The van der Waals surface area contributed by atoms with Gasteiger partial charge in [-0.15, -0.1) is 0 Å².